The van der Waals surface area contributed by atoms with E-state index in [0.29, 0.717) is 70.6 Å². The fourth-order valence-corrected chi connectivity index (χ4v) is 2.64. The molecule has 0 saturated carbocycles. The Morgan fingerprint density at radius 3 is 2.19 bits per heavy atom. The SMILES string of the molecule is CCCCOc1nc(NCCOCCOCCN)nc(NCCc2ccc(OC)cc2)n1. The topological polar surface area (TPSA) is 126 Å². The number of nitrogens with zero attached hydrogens (tertiary/aromatic N) is 3. The highest BCUT2D eigenvalue weighted by Gasteiger charge is 2.08. The van der Waals surface area contributed by atoms with E-state index in [9.17, 15) is 0 Å². The molecule has 1 aromatic carbocycles. The van der Waals surface area contributed by atoms with Crippen LogP contribution in [0.5, 0.6) is 11.8 Å². The van der Waals surface area contributed by atoms with Gasteiger partial charge in [-0.1, -0.05) is 25.5 Å². The summed E-state index contributed by atoms with van der Waals surface area (Å²) in [6.07, 6.45) is 2.80. The fourth-order valence-electron chi connectivity index (χ4n) is 2.64. The summed E-state index contributed by atoms with van der Waals surface area (Å²) in [6.45, 7) is 6.51. The number of methoxy groups -OCH3 is 1. The second kappa shape index (κ2) is 16.0. The minimum absolute atomic E-state index is 0.305. The number of nitrogens with two attached hydrogens (primary N) is 1. The number of ether oxygens (including phenoxy) is 4. The third-order valence-electron chi connectivity index (χ3n) is 4.36. The number of hydrogen-bond donors (Lipinski definition) is 3. The molecule has 0 bridgehead atoms. The van der Waals surface area contributed by atoms with Gasteiger partial charge in [-0.3, -0.25) is 0 Å². The molecule has 178 valence electrons. The molecule has 2 rings (SSSR count). The van der Waals surface area contributed by atoms with E-state index in [0.717, 1.165) is 25.0 Å². The van der Waals surface area contributed by atoms with Crippen molar-refractivity contribution in [3.8, 4) is 11.8 Å². The zero-order chi connectivity index (χ0) is 22.9. The zero-order valence-electron chi connectivity index (χ0n) is 19.1. The van der Waals surface area contributed by atoms with Crippen molar-refractivity contribution in [2.75, 3.05) is 70.4 Å². The number of anilines is 2. The summed E-state index contributed by atoms with van der Waals surface area (Å²) in [5.41, 5.74) is 6.57. The molecule has 1 heterocycles. The number of unbranched alkanes of at least 4 members (excludes halogenated alkanes) is 1. The first kappa shape index (κ1) is 25.6. The van der Waals surface area contributed by atoms with Gasteiger partial charge in [-0.25, -0.2) is 0 Å². The van der Waals surface area contributed by atoms with Crippen molar-refractivity contribution in [2.24, 2.45) is 5.73 Å². The average Bonchev–Trinajstić information content (AvgIpc) is 2.81. The van der Waals surface area contributed by atoms with Crippen molar-refractivity contribution in [3.05, 3.63) is 29.8 Å². The first-order valence-electron chi connectivity index (χ1n) is 11.1. The van der Waals surface area contributed by atoms with Gasteiger partial charge in [0.15, 0.2) is 0 Å². The van der Waals surface area contributed by atoms with E-state index < -0.39 is 0 Å². The molecule has 0 aliphatic rings. The summed E-state index contributed by atoms with van der Waals surface area (Å²) in [7, 11) is 1.66. The van der Waals surface area contributed by atoms with Crippen LogP contribution in [0.2, 0.25) is 0 Å². The second-order valence-electron chi connectivity index (χ2n) is 6.93. The van der Waals surface area contributed by atoms with Crippen molar-refractivity contribution in [3.63, 3.8) is 0 Å². The largest absolute Gasteiger partial charge is 0.497 e. The lowest BCUT2D eigenvalue weighted by atomic mass is 10.1. The number of aromatic nitrogens is 3. The van der Waals surface area contributed by atoms with E-state index in [-0.39, 0.29) is 0 Å². The second-order valence-corrected chi connectivity index (χ2v) is 6.93. The number of rotatable bonds is 18. The third-order valence-corrected chi connectivity index (χ3v) is 4.36. The van der Waals surface area contributed by atoms with Gasteiger partial charge in [0.1, 0.15) is 5.75 Å². The first-order chi connectivity index (χ1) is 15.7. The summed E-state index contributed by atoms with van der Waals surface area (Å²) in [4.78, 5) is 13.2. The Labute approximate surface area is 190 Å². The van der Waals surface area contributed by atoms with Gasteiger partial charge in [-0.05, 0) is 30.5 Å². The molecule has 0 amide bonds. The summed E-state index contributed by atoms with van der Waals surface area (Å²) in [5, 5.41) is 6.41. The van der Waals surface area contributed by atoms with Crippen molar-refractivity contribution in [2.45, 2.75) is 26.2 Å². The minimum atomic E-state index is 0.305. The quantitative estimate of drug-likeness (QED) is 0.292. The van der Waals surface area contributed by atoms with Crippen molar-refractivity contribution >= 4 is 11.9 Å². The Morgan fingerprint density at radius 2 is 1.53 bits per heavy atom. The van der Waals surface area contributed by atoms with Gasteiger partial charge >= 0.3 is 6.01 Å². The van der Waals surface area contributed by atoms with Crippen LogP contribution in [0, 0.1) is 0 Å². The van der Waals surface area contributed by atoms with Gasteiger partial charge in [-0.2, -0.15) is 15.0 Å². The van der Waals surface area contributed by atoms with E-state index in [1.54, 1.807) is 7.11 Å². The van der Waals surface area contributed by atoms with Crippen LogP contribution >= 0.6 is 0 Å². The molecule has 0 radical (unpaired) electrons. The Kier molecular flexibility index (Phi) is 12.8. The molecule has 1 aromatic heterocycles. The van der Waals surface area contributed by atoms with Gasteiger partial charge < -0.3 is 35.3 Å². The van der Waals surface area contributed by atoms with Crippen LogP contribution in [0.15, 0.2) is 24.3 Å². The molecular formula is C22H36N6O4. The highest BCUT2D eigenvalue weighted by molar-refractivity contribution is 5.36. The standard InChI is InChI=1S/C22H36N6O4/c1-3-4-13-32-22-27-20(24-11-9-18-5-7-19(29-2)8-6-18)26-21(28-22)25-12-15-31-17-16-30-14-10-23/h5-8H,3-4,9-17,23H2,1-2H3,(H2,24,25,26,27,28). The zero-order valence-corrected chi connectivity index (χ0v) is 19.1. The summed E-state index contributed by atoms with van der Waals surface area (Å²) >= 11 is 0. The van der Waals surface area contributed by atoms with Crippen LogP contribution in [0.25, 0.3) is 0 Å². The molecule has 10 nitrogen and oxygen atoms in total. The van der Waals surface area contributed by atoms with Crippen LogP contribution in [0.4, 0.5) is 11.9 Å². The number of nitrogens with one attached hydrogen (secondary N) is 2. The van der Waals surface area contributed by atoms with E-state index in [1.165, 1.54) is 5.56 Å². The average molecular weight is 449 g/mol. The van der Waals surface area contributed by atoms with Gasteiger partial charge in [-0.15, -0.1) is 0 Å². The fraction of sp³-hybridized carbons (Fsp3) is 0.591. The number of hydrogen-bond acceptors (Lipinski definition) is 10. The van der Waals surface area contributed by atoms with Crippen LogP contribution in [-0.4, -0.2) is 74.7 Å². The van der Waals surface area contributed by atoms with E-state index in [2.05, 4.69) is 32.5 Å². The van der Waals surface area contributed by atoms with E-state index in [1.807, 2.05) is 24.3 Å². The van der Waals surface area contributed by atoms with Gasteiger partial charge in [0.25, 0.3) is 0 Å². The Morgan fingerprint density at radius 1 is 0.844 bits per heavy atom. The van der Waals surface area contributed by atoms with Crippen molar-refractivity contribution in [1.82, 2.24) is 15.0 Å². The predicted molar refractivity (Wildman–Crippen MR) is 125 cm³/mol. The lowest BCUT2D eigenvalue weighted by Crippen LogP contribution is -2.17. The van der Waals surface area contributed by atoms with E-state index in [4.69, 9.17) is 24.7 Å². The Bertz CT molecular complexity index is 748. The molecule has 4 N–H and O–H groups in total. The smallest absolute Gasteiger partial charge is 0.323 e. The molecular weight excluding hydrogens is 412 g/mol. The lowest BCUT2D eigenvalue weighted by molar-refractivity contribution is 0.0547. The van der Waals surface area contributed by atoms with Crippen LogP contribution in [0.1, 0.15) is 25.3 Å². The van der Waals surface area contributed by atoms with Crippen LogP contribution in [0.3, 0.4) is 0 Å². The maximum atomic E-state index is 5.69. The van der Waals surface area contributed by atoms with Gasteiger partial charge in [0.05, 0.1) is 40.1 Å². The molecule has 0 atom stereocenters. The summed E-state index contributed by atoms with van der Waals surface area (Å²) in [6, 6.07) is 8.29. The van der Waals surface area contributed by atoms with E-state index >= 15 is 0 Å². The van der Waals surface area contributed by atoms with Crippen molar-refractivity contribution in [1.29, 1.82) is 0 Å². The maximum absolute atomic E-state index is 5.69. The molecule has 32 heavy (non-hydrogen) atoms. The lowest BCUT2D eigenvalue weighted by Gasteiger charge is -2.11. The summed E-state index contributed by atoms with van der Waals surface area (Å²) in [5.74, 6) is 1.76. The monoisotopic (exact) mass is 448 g/mol. The van der Waals surface area contributed by atoms with Crippen LogP contribution < -0.4 is 25.8 Å². The molecule has 0 aliphatic carbocycles. The molecule has 2 aromatic rings. The first-order valence-corrected chi connectivity index (χ1v) is 11.1. The molecule has 0 saturated heterocycles. The minimum Gasteiger partial charge on any atom is -0.497 e. The normalized spacial score (nSPS) is 10.7. The highest BCUT2D eigenvalue weighted by atomic mass is 16.5. The molecule has 0 spiro atoms. The van der Waals surface area contributed by atoms with Crippen LogP contribution in [-0.2, 0) is 15.9 Å². The van der Waals surface area contributed by atoms with Crippen molar-refractivity contribution < 1.29 is 18.9 Å². The van der Waals surface area contributed by atoms with Gasteiger partial charge in [0.2, 0.25) is 11.9 Å². The molecule has 10 heteroatoms. The summed E-state index contributed by atoms with van der Waals surface area (Å²) < 4.78 is 21.7. The maximum Gasteiger partial charge on any atom is 0.323 e. The van der Waals surface area contributed by atoms with Gasteiger partial charge in [0, 0.05) is 19.6 Å². The predicted octanol–water partition coefficient (Wildman–Crippen LogP) is 2.12. The molecule has 0 unspecified atom stereocenters. The highest BCUT2D eigenvalue weighted by Crippen LogP contribution is 2.14. The Balaban J connectivity index is 1.83. The number of benzene rings is 1. The molecule has 0 aliphatic heterocycles. The Hall–Kier alpha value is -2.69. The molecule has 0 fully saturated rings. The third kappa shape index (κ3) is 10.6.